The summed E-state index contributed by atoms with van der Waals surface area (Å²) in [4.78, 5) is 35.2. The second kappa shape index (κ2) is 11.5. The summed E-state index contributed by atoms with van der Waals surface area (Å²) < 4.78 is 2.05. The fourth-order valence-electron chi connectivity index (χ4n) is 4.79. The van der Waals surface area contributed by atoms with Crippen molar-refractivity contribution in [1.82, 2.24) is 19.8 Å². The minimum atomic E-state index is 0.0847. The van der Waals surface area contributed by atoms with Crippen LogP contribution in [-0.2, 0) is 29.1 Å². The Bertz CT molecular complexity index is 1170. The number of nitrogens with zero attached hydrogens (tertiary/aromatic N) is 4. The van der Waals surface area contributed by atoms with Crippen molar-refractivity contribution in [3.8, 4) is 0 Å². The van der Waals surface area contributed by atoms with Crippen molar-refractivity contribution in [2.75, 3.05) is 31.1 Å². The van der Waals surface area contributed by atoms with Crippen LogP contribution in [-0.4, -0.2) is 52.4 Å². The van der Waals surface area contributed by atoms with E-state index in [0.29, 0.717) is 45.1 Å². The second-order valence-corrected chi connectivity index (χ2v) is 9.64. The van der Waals surface area contributed by atoms with Gasteiger partial charge in [-0.2, -0.15) is 0 Å². The number of carbonyl (C=O) groups excluding carboxylic acids is 2. The van der Waals surface area contributed by atoms with Gasteiger partial charge in [0.25, 0.3) is 0 Å². The average molecular weight is 476 g/mol. The highest BCUT2D eigenvalue weighted by atomic mass is 16.2. The monoisotopic (exact) mass is 475 g/mol. The summed E-state index contributed by atoms with van der Waals surface area (Å²) in [6, 6.07) is 16.1. The molecule has 0 atom stereocenters. The topological polar surface area (TPSA) is 70.5 Å². The molecular weight excluding hydrogens is 438 g/mol. The van der Waals surface area contributed by atoms with Crippen molar-refractivity contribution in [1.29, 1.82) is 0 Å². The Labute approximate surface area is 208 Å². The number of aryl methyl sites for hydroxylation is 1. The van der Waals surface area contributed by atoms with Crippen LogP contribution in [0, 0.1) is 5.92 Å². The molecule has 0 aliphatic carbocycles. The smallest absolute Gasteiger partial charge is 0.242 e. The summed E-state index contributed by atoms with van der Waals surface area (Å²) in [6.07, 6.45) is 2.02. The Balaban J connectivity index is 1.52. The lowest BCUT2D eigenvalue weighted by Crippen LogP contribution is -2.40. The van der Waals surface area contributed by atoms with Gasteiger partial charge in [-0.3, -0.25) is 9.59 Å². The molecule has 1 aromatic heterocycles. The molecule has 7 heteroatoms. The normalized spacial score (nSPS) is 15.2. The summed E-state index contributed by atoms with van der Waals surface area (Å²) >= 11 is 0. The van der Waals surface area contributed by atoms with E-state index in [1.54, 1.807) is 0 Å². The molecule has 0 radical (unpaired) electrons. The Morgan fingerprint density at radius 1 is 1.00 bits per heavy atom. The molecule has 0 saturated heterocycles. The average Bonchev–Trinajstić information content (AvgIpc) is 3.18. The number of aromatic nitrogens is 2. The van der Waals surface area contributed by atoms with Crippen LogP contribution in [0.3, 0.4) is 0 Å². The van der Waals surface area contributed by atoms with Gasteiger partial charge in [0.1, 0.15) is 12.4 Å². The molecule has 3 aromatic rings. The highest BCUT2D eigenvalue weighted by Crippen LogP contribution is 2.23. The summed E-state index contributed by atoms with van der Waals surface area (Å²) in [7, 11) is 0. The number of para-hydroxylation sites is 3. The Kier molecular flexibility index (Phi) is 8.18. The zero-order chi connectivity index (χ0) is 24.8. The molecule has 1 aliphatic heterocycles. The van der Waals surface area contributed by atoms with Gasteiger partial charge in [0.15, 0.2) is 0 Å². The number of amides is 2. The maximum absolute atomic E-state index is 13.5. The van der Waals surface area contributed by atoms with Crippen molar-refractivity contribution in [3.05, 3.63) is 59.9 Å². The number of carbonyl (C=O) groups is 2. The molecule has 1 aliphatic rings. The third kappa shape index (κ3) is 5.90. The van der Waals surface area contributed by atoms with Crippen LogP contribution in [0.25, 0.3) is 11.0 Å². The minimum Gasteiger partial charge on any atom is -0.340 e. The molecule has 0 saturated carbocycles. The molecular formula is C28H37N5O2. The molecule has 0 fully saturated rings. The van der Waals surface area contributed by atoms with E-state index in [4.69, 9.17) is 4.98 Å². The van der Waals surface area contributed by atoms with Gasteiger partial charge in [-0.25, -0.2) is 4.98 Å². The van der Waals surface area contributed by atoms with Gasteiger partial charge in [0.05, 0.1) is 11.0 Å². The Morgan fingerprint density at radius 2 is 1.77 bits per heavy atom. The van der Waals surface area contributed by atoms with Crippen LogP contribution in [0.1, 0.15) is 45.0 Å². The molecule has 0 unspecified atom stereocenters. The third-order valence-corrected chi connectivity index (χ3v) is 6.55. The van der Waals surface area contributed by atoms with Crippen LogP contribution in [0.2, 0.25) is 0 Å². The summed E-state index contributed by atoms with van der Waals surface area (Å²) in [5, 5.41) is 3.48. The first kappa shape index (κ1) is 24.9. The van der Waals surface area contributed by atoms with E-state index in [1.165, 1.54) is 0 Å². The fourth-order valence-corrected chi connectivity index (χ4v) is 4.79. The van der Waals surface area contributed by atoms with Crippen LogP contribution < -0.4 is 10.2 Å². The number of nitrogens with one attached hydrogen (secondary N) is 1. The van der Waals surface area contributed by atoms with Gasteiger partial charge >= 0.3 is 0 Å². The molecule has 2 amide bonds. The van der Waals surface area contributed by atoms with E-state index in [1.807, 2.05) is 56.8 Å². The number of fused-ring (bicyclic) bond motifs is 2. The van der Waals surface area contributed by atoms with Crippen LogP contribution in [0.5, 0.6) is 0 Å². The highest BCUT2D eigenvalue weighted by Gasteiger charge is 2.22. The second-order valence-electron chi connectivity index (χ2n) is 9.64. The lowest BCUT2D eigenvalue weighted by atomic mass is 10.1. The van der Waals surface area contributed by atoms with Crippen molar-refractivity contribution < 1.29 is 9.59 Å². The predicted octanol–water partition coefficient (Wildman–Crippen LogP) is 4.00. The van der Waals surface area contributed by atoms with Gasteiger partial charge in [-0.1, -0.05) is 51.1 Å². The number of benzene rings is 2. The van der Waals surface area contributed by atoms with E-state index < -0.39 is 0 Å². The molecule has 1 N–H and O–H groups in total. The molecule has 0 bridgehead atoms. The van der Waals surface area contributed by atoms with Crippen LogP contribution >= 0.6 is 0 Å². The third-order valence-electron chi connectivity index (χ3n) is 6.55. The first-order valence-corrected chi connectivity index (χ1v) is 12.8. The first-order valence-electron chi connectivity index (χ1n) is 12.8. The van der Waals surface area contributed by atoms with Gasteiger partial charge in [0, 0.05) is 51.3 Å². The van der Waals surface area contributed by atoms with Gasteiger partial charge in [0.2, 0.25) is 11.8 Å². The fraction of sp³-hybridized carbons (Fsp3) is 0.464. The Hall–Kier alpha value is -3.19. The Morgan fingerprint density at radius 3 is 2.57 bits per heavy atom. The van der Waals surface area contributed by atoms with E-state index in [9.17, 15) is 9.59 Å². The van der Waals surface area contributed by atoms with E-state index in [2.05, 4.69) is 32.2 Å². The quantitative estimate of drug-likeness (QED) is 0.606. The van der Waals surface area contributed by atoms with Gasteiger partial charge < -0.3 is 19.7 Å². The van der Waals surface area contributed by atoms with Crippen molar-refractivity contribution in [2.24, 2.45) is 5.92 Å². The van der Waals surface area contributed by atoms with E-state index >= 15 is 0 Å². The van der Waals surface area contributed by atoms with Crippen molar-refractivity contribution in [2.45, 2.75) is 53.1 Å². The number of hydrogen-bond donors (Lipinski definition) is 1. The summed E-state index contributed by atoms with van der Waals surface area (Å²) in [6.45, 7) is 9.70. The molecule has 4 rings (SSSR count). The molecule has 186 valence electrons. The highest BCUT2D eigenvalue weighted by molar-refractivity contribution is 5.94. The number of imidazole rings is 1. The maximum atomic E-state index is 13.5. The SMILES string of the molecule is CCc1nc2ccccc2n1CC(=O)N1CCCN(C(=O)CC(C)C)c2ccccc2CNCC1. The number of anilines is 1. The largest absolute Gasteiger partial charge is 0.340 e. The minimum absolute atomic E-state index is 0.0847. The molecule has 2 heterocycles. The molecule has 0 spiro atoms. The molecule has 2 aromatic carbocycles. The standard InChI is InChI=1S/C28H37N5O2/c1-4-26-30-23-11-6-8-13-25(23)33(26)20-28(35)31-15-9-16-32(27(34)18-21(2)3)24-12-7-5-10-22(24)19-29-14-17-31/h5-8,10-13,21,29H,4,9,14-20H2,1-3H3. The van der Waals surface area contributed by atoms with Crippen molar-refractivity contribution >= 4 is 28.5 Å². The molecule has 35 heavy (non-hydrogen) atoms. The zero-order valence-electron chi connectivity index (χ0n) is 21.2. The summed E-state index contributed by atoms with van der Waals surface area (Å²) in [5.41, 5.74) is 4.01. The van der Waals surface area contributed by atoms with Crippen LogP contribution in [0.15, 0.2) is 48.5 Å². The van der Waals surface area contributed by atoms with Gasteiger partial charge in [-0.05, 0) is 36.1 Å². The number of hydrogen-bond acceptors (Lipinski definition) is 4. The van der Waals surface area contributed by atoms with Crippen LogP contribution in [0.4, 0.5) is 5.69 Å². The molecule has 7 nitrogen and oxygen atoms in total. The van der Waals surface area contributed by atoms with E-state index in [-0.39, 0.29) is 18.4 Å². The summed E-state index contributed by atoms with van der Waals surface area (Å²) in [5.74, 6) is 1.45. The van der Waals surface area contributed by atoms with Gasteiger partial charge in [-0.15, -0.1) is 0 Å². The van der Waals surface area contributed by atoms with Crippen molar-refractivity contribution in [3.63, 3.8) is 0 Å². The first-order chi connectivity index (χ1) is 17.0. The lowest BCUT2D eigenvalue weighted by Gasteiger charge is -2.27. The predicted molar refractivity (Wildman–Crippen MR) is 140 cm³/mol. The zero-order valence-corrected chi connectivity index (χ0v) is 21.2. The maximum Gasteiger partial charge on any atom is 0.242 e. The lowest BCUT2D eigenvalue weighted by molar-refractivity contribution is -0.131. The number of rotatable bonds is 5. The van der Waals surface area contributed by atoms with E-state index in [0.717, 1.165) is 41.0 Å².